The van der Waals surface area contributed by atoms with Gasteiger partial charge in [-0.05, 0) is 29.9 Å². The zero-order valence-corrected chi connectivity index (χ0v) is 17.4. The molecule has 0 aromatic heterocycles. The van der Waals surface area contributed by atoms with E-state index in [-0.39, 0.29) is 0 Å². The lowest BCUT2D eigenvalue weighted by atomic mass is 9.82. The van der Waals surface area contributed by atoms with Crippen molar-refractivity contribution in [2.24, 2.45) is 5.92 Å². The van der Waals surface area contributed by atoms with Gasteiger partial charge in [-0.2, -0.15) is 0 Å². The third-order valence-electron chi connectivity index (χ3n) is 3.65. The van der Waals surface area contributed by atoms with Gasteiger partial charge in [0.15, 0.2) is 0 Å². The Morgan fingerprint density at radius 3 is 1.90 bits per heavy atom. The highest BCUT2D eigenvalue weighted by Gasteiger charge is 2.28. The number of rotatable bonds is 6. The molecule has 0 saturated carbocycles. The summed E-state index contributed by atoms with van der Waals surface area (Å²) in [6.45, 7) is 16.7. The van der Waals surface area contributed by atoms with Gasteiger partial charge in [-0.25, -0.2) is 0 Å². The number of halogens is 1. The lowest BCUT2D eigenvalue weighted by Gasteiger charge is -2.31. The van der Waals surface area contributed by atoms with E-state index in [9.17, 15) is 0 Å². The largest absolute Gasteiger partial charge is 0.0788 e. The van der Waals surface area contributed by atoms with Gasteiger partial charge in [0.1, 0.15) is 0 Å². The molecule has 0 nitrogen and oxygen atoms in total. The highest BCUT2D eigenvalue weighted by atomic mass is 127. The minimum Gasteiger partial charge on any atom is -0.0788 e. The monoisotopic (exact) mass is 402 g/mol. The third kappa shape index (κ3) is 6.29. The van der Waals surface area contributed by atoms with Crippen molar-refractivity contribution in [2.75, 3.05) is 0 Å². The zero-order valence-electron chi connectivity index (χ0n) is 14.3. The topological polar surface area (TPSA) is 0 Å². The molecule has 2 heteroatoms. The smallest absolute Gasteiger partial charge is 0.0487 e. The zero-order chi connectivity index (χ0) is 15.6. The van der Waals surface area contributed by atoms with Crippen LogP contribution in [0, 0.1) is 5.92 Å². The highest BCUT2D eigenvalue weighted by molar-refractivity contribution is 14.1. The van der Waals surface area contributed by atoms with Gasteiger partial charge in [0.2, 0.25) is 0 Å². The fraction of sp³-hybridized carbons (Fsp3) is 0.667. The molecule has 0 spiro atoms. The van der Waals surface area contributed by atoms with Crippen molar-refractivity contribution in [3.8, 4) is 0 Å². The van der Waals surface area contributed by atoms with Crippen molar-refractivity contribution in [1.82, 2.24) is 0 Å². The van der Waals surface area contributed by atoms with Crippen LogP contribution in [0.2, 0.25) is 19.6 Å². The second kappa shape index (κ2) is 6.95. The predicted octanol–water partition coefficient (Wildman–Crippen LogP) is 6.45. The molecule has 0 aliphatic carbocycles. The maximum Gasteiger partial charge on any atom is 0.0487 e. The molecule has 0 bridgehead atoms. The van der Waals surface area contributed by atoms with Crippen LogP contribution in [0.4, 0.5) is 0 Å². The van der Waals surface area contributed by atoms with Crippen LogP contribution in [0.5, 0.6) is 0 Å². The first-order valence-corrected chi connectivity index (χ1v) is 12.6. The van der Waals surface area contributed by atoms with Crippen molar-refractivity contribution >= 4 is 30.7 Å². The van der Waals surface area contributed by atoms with Gasteiger partial charge < -0.3 is 0 Å². The van der Waals surface area contributed by atoms with Gasteiger partial charge in [0.05, 0.1) is 0 Å². The molecule has 0 radical (unpaired) electrons. The summed E-state index contributed by atoms with van der Waals surface area (Å²) < 4.78 is 0.308. The van der Waals surface area contributed by atoms with Gasteiger partial charge in [0, 0.05) is 11.5 Å². The maximum absolute atomic E-state index is 2.61. The molecule has 0 amide bonds. The summed E-state index contributed by atoms with van der Waals surface area (Å²) >= 11 is 2.61. The average Bonchev–Trinajstić information content (AvgIpc) is 2.23. The number of benzene rings is 1. The summed E-state index contributed by atoms with van der Waals surface area (Å²) in [4.78, 5) is 0. The first-order chi connectivity index (χ1) is 8.99. The molecular formula is C18H31ISi. The predicted molar refractivity (Wildman–Crippen MR) is 104 cm³/mol. The Bertz CT molecular complexity index is 407. The third-order valence-corrected chi connectivity index (χ3v) is 5.87. The number of alkyl halides is 1. The van der Waals surface area contributed by atoms with Gasteiger partial charge >= 0.3 is 0 Å². The Hall–Kier alpha value is 0.167. The summed E-state index contributed by atoms with van der Waals surface area (Å²) in [7, 11) is -1.01. The van der Waals surface area contributed by atoms with Crippen LogP contribution >= 0.6 is 22.6 Å². The van der Waals surface area contributed by atoms with Gasteiger partial charge in [0.25, 0.3) is 0 Å². The lowest BCUT2D eigenvalue weighted by Crippen LogP contribution is -2.25. The van der Waals surface area contributed by atoms with E-state index in [0.717, 1.165) is 5.92 Å². The van der Waals surface area contributed by atoms with E-state index < -0.39 is 8.07 Å². The molecule has 1 aromatic rings. The molecule has 0 aliphatic heterocycles. The molecule has 0 heterocycles. The Morgan fingerprint density at radius 2 is 1.55 bits per heavy atom. The van der Waals surface area contributed by atoms with Crippen molar-refractivity contribution in [3.63, 3.8) is 0 Å². The van der Waals surface area contributed by atoms with Crippen molar-refractivity contribution in [1.29, 1.82) is 0 Å². The summed E-state index contributed by atoms with van der Waals surface area (Å²) in [5, 5.41) is 0. The van der Waals surface area contributed by atoms with E-state index in [4.69, 9.17) is 0 Å². The van der Waals surface area contributed by atoms with E-state index >= 15 is 0 Å². The van der Waals surface area contributed by atoms with E-state index in [2.05, 4.69) is 94.2 Å². The standard InChI is InChI=1S/C18H31ISi/c1-14(2)12-17(18(3,4)19)16-10-8-15(9-11-16)13-20(5,6)7/h8-11,14,17H,12-13H2,1-7H3. The molecule has 1 rings (SSSR count). The maximum atomic E-state index is 2.61. The Morgan fingerprint density at radius 1 is 1.05 bits per heavy atom. The molecular weight excluding hydrogens is 371 g/mol. The summed E-state index contributed by atoms with van der Waals surface area (Å²) in [6, 6.07) is 10.8. The minimum atomic E-state index is -1.01. The molecule has 20 heavy (non-hydrogen) atoms. The second-order valence-corrected chi connectivity index (χ2v) is 16.5. The number of hydrogen-bond donors (Lipinski definition) is 0. The van der Waals surface area contributed by atoms with Crippen LogP contribution in [0.15, 0.2) is 24.3 Å². The average molecular weight is 402 g/mol. The first-order valence-electron chi connectivity index (χ1n) is 7.77. The molecule has 1 atom stereocenters. The van der Waals surface area contributed by atoms with Crippen molar-refractivity contribution in [3.05, 3.63) is 35.4 Å². The summed E-state index contributed by atoms with van der Waals surface area (Å²) in [5.41, 5.74) is 3.03. The minimum absolute atomic E-state index is 0.308. The fourth-order valence-corrected chi connectivity index (χ4v) is 4.84. The molecule has 0 N–H and O–H groups in total. The Kier molecular flexibility index (Phi) is 6.33. The van der Waals surface area contributed by atoms with Crippen LogP contribution in [-0.2, 0) is 6.04 Å². The summed E-state index contributed by atoms with van der Waals surface area (Å²) in [5.74, 6) is 1.39. The SMILES string of the molecule is CC(C)CC(c1ccc(C[Si](C)(C)C)cc1)C(C)(C)I. The van der Waals surface area contributed by atoms with Gasteiger partial charge in [-0.15, -0.1) is 0 Å². The Balaban J connectivity index is 2.94. The molecule has 1 aromatic carbocycles. The molecule has 1 unspecified atom stereocenters. The number of hydrogen-bond acceptors (Lipinski definition) is 0. The normalized spacial score (nSPS) is 14.7. The molecule has 114 valence electrons. The molecule has 0 fully saturated rings. The lowest BCUT2D eigenvalue weighted by molar-refractivity contribution is 0.448. The van der Waals surface area contributed by atoms with E-state index in [1.165, 1.54) is 23.6 Å². The van der Waals surface area contributed by atoms with Gasteiger partial charge in [-0.3, -0.25) is 0 Å². The Labute approximate surface area is 140 Å². The van der Waals surface area contributed by atoms with Gasteiger partial charge in [-0.1, -0.05) is 99.8 Å². The molecule has 0 saturated heterocycles. The summed E-state index contributed by atoms with van der Waals surface area (Å²) in [6.07, 6.45) is 1.27. The second-order valence-electron chi connectivity index (χ2n) is 8.23. The van der Waals surface area contributed by atoms with E-state index in [1.54, 1.807) is 0 Å². The van der Waals surface area contributed by atoms with Crippen LogP contribution in [-0.4, -0.2) is 11.5 Å². The van der Waals surface area contributed by atoms with Crippen LogP contribution in [0.1, 0.15) is 51.2 Å². The van der Waals surface area contributed by atoms with Crippen molar-refractivity contribution in [2.45, 2.75) is 69.1 Å². The van der Waals surface area contributed by atoms with E-state index in [1.807, 2.05) is 0 Å². The fourth-order valence-electron chi connectivity index (χ4n) is 2.76. The molecule has 0 aliphatic rings. The highest BCUT2D eigenvalue weighted by Crippen LogP contribution is 2.40. The van der Waals surface area contributed by atoms with Crippen LogP contribution < -0.4 is 0 Å². The van der Waals surface area contributed by atoms with Crippen LogP contribution in [0.25, 0.3) is 0 Å². The van der Waals surface area contributed by atoms with Crippen LogP contribution in [0.3, 0.4) is 0 Å². The van der Waals surface area contributed by atoms with Crippen molar-refractivity contribution < 1.29 is 0 Å². The van der Waals surface area contributed by atoms with E-state index in [0.29, 0.717) is 9.34 Å². The quantitative estimate of drug-likeness (QED) is 0.291. The first kappa shape index (κ1) is 18.2.